The second kappa shape index (κ2) is 7.93. The zero-order valence-corrected chi connectivity index (χ0v) is 15.0. The van der Waals surface area contributed by atoms with Crippen molar-refractivity contribution in [1.82, 2.24) is 9.78 Å². The number of rotatable bonds is 7. The van der Waals surface area contributed by atoms with Gasteiger partial charge in [0.25, 0.3) is 0 Å². The highest BCUT2D eigenvalue weighted by molar-refractivity contribution is 7.16. The smallest absolute Gasteiger partial charge is 0.341 e. The summed E-state index contributed by atoms with van der Waals surface area (Å²) in [6.07, 6.45) is 3.35. The van der Waals surface area contributed by atoms with E-state index in [0.717, 1.165) is 10.4 Å². The topological polar surface area (TPSA) is 111 Å². The number of hydrogen-bond acceptors (Lipinski definition) is 6. The van der Waals surface area contributed by atoms with Crippen molar-refractivity contribution in [3.05, 3.63) is 34.0 Å². The molecule has 8 nitrogen and oxygen atoms in total. The third kappa shape index (κ3) is 4.24. The average molecular weight is 365 g/mol. The van der Waals surface area contributed by atoms with Crippen LogP contribution in [0, 0.1) is 6.92 Å². The number of carbonyl (C=O) groups excluding carboxylic acids is 2. The molecule has 9 heteroatoms. The molecule has 0 unspecified atom stereocenters. The number of hydrogen-bond donors (Lipinski definition) is 2. The minimum Gasteiger partial charge on any atom is -0.478 e. The monoisotopic (exact) mass is 365 g/mol. The van der Waals surface area contributed by atoms with Crippen LogP contribution < -0.4 is 5.32 Å². The van der Waals surface area contributed by atoms with Gasteiger partial charge in [0.15, 0.2) is 0 Å². The van der Waals surface area contributed by atoms with E-state index >= 15 is 0 Å². The fourth-order valence-corrected chi connectivity index (χ4v) is 3.56. The highest BCUT2D eigenvalue weighted by Gasteiger charge is 2.23. The fraction of sp³-hybridized carbons (Fsp3) is 0.375. The van der Waals surface area contributed by atoms with Gasteiger partial charge >= 0.3 is 11.9 Å². The van der Waals surface area contributed by atoms with Crippen molar-refractivity contribution < 1.29 is 24.2 Å². The van der Waals surface area contributed by atoms with Gasteiger partial charge in [0.2, 0.25) is 5.91 Å². The Balaban J connectivity index is 2.07. The molecule has 0 saturated heterocycles. The van der Waals surface area contributed by atoms with Crippen LogP contribution in [0.3, 0.4) is 0 Å². The van der Waals surface area contributed by atoms with Crippen LogP contribution in [0.15, 0.2) is 12.4 Å². The first-order valence-corrected chi connectivity index (χ1v) is 8.45. The third-order valence-electron chi connectivity index (χ3n) is 3.65. The third-order valence-corrected chi connectivity index (χ3v) is 4.72. The lowest BCUT2D eigenvalue weighted by molar-refractivity contribution is -0.116. The first-order valence-electron chi connectivity index (χ1n) is 7.63. The van der Waals surface area contributed by atoms with Crippen LogP contribution in [0.5, 0.6) is 0 Å². The minimum absolute atomic E-state index is 0.0647. The lowest BCUT2D eigenvalue weighted by atomic mass is 10.1. The summed E-state index contributed by atoms with van der Waals surface area (Å²) >= 11 is 1.33. The van der Waals surface area contributed by atoms with Crippen molar-refractivity contribution in [2.45, 2.75) is 33.2 Å². The molecule has 0 aliphatic carbocycles. The highest BCUT2D eigenvalue weighted by atomic mass is 32.1. The van der Waals surface area contributed by atoms with E-state index in [1.165, 1.54) is 35.5 Å². The molecule has 2 N–H and O–H groups in total. The summed E-state index contributed by atoms with van der Waals surface area (Å²) in [6, 6.07) is 0. The van der Waals surface area contributed by atoms with Gasteiger partial charge in [0.05, 0.1) is 24.4 Å². The molecule has 25 heavy (non-hydrogen) atoms. The highest BCUT2D eigenvalue weighted by Crippen LogP contribution is 2.34. The van der Waals surface area contributed by atoms with Crippen LogP contribution in [0.25, 0.3) is 0 Å². The quantitative estimate of drug-likeness (QED) is 0.729. The fourth-order valence-electron chi connectivity index (χ4n) is 2.41. The average Bonchev–Trinajstić information content (AvgIpc) is 3.16. The summed E-state index contributed by atoms with van der Waals surface area (Å²) in [5.41, 5.74) is 1.33. The Morgan fingerprint density at radius 2 is 2.12 bits per heavy atom. The molecular weight excluding hydrogens is 346 g/mol. The van der Waals surface area contributed by atoms with E-state index in [1.54, 1.807) is 0 Å². The number of methoxy groups -OCH3 is 1. The van der Waals surface area contributed by atoms with Crippen molar-refractivity contribution in [1.29, 1.82) is 0 Å². The number of aromatic carboxylic acids is 1. The first kappa shape index (κ1) is 18.7. The number of carboxylic acids is 1. The second-order valence-electron chi connectivity index (χ2n) is 5.28. The van der Waals surface area contributed by atoms with Gasteiger partial charge in [-0.25, -0.2) is 9.59 Å². The normalized spacial score (nSPS) is 10.5. The number of aromatic nitrogens is 2. The molecule has 0 spiro atoms. The van der Waals surface area contributed by atoms with Crippen molar-refractivity contribution in [2.75, 3.05) is 12.4 Å². The lowest BCUT2D eigenvalue weighted by Crippen LogP contribution is -2.16. The number of aryl methyl sites for hydroxylation is 2. The number of carboxylic acid groups (broad SMARTS) is 1. The van der Waals surface area contributed by atoms with E-state index in [2.05, 4.69) is 10.4 Å². The second-order valence-corrected chi connectivity index (χ2v) is 6.51. The minimum atomic E-state index is -1.07. The van der Waals surface area contributed by atoms with Gasteiger partial charge in [-0.15, -0.1) is 11.3 Å². The largest absolute Gasteiger partial charge is 0.478 e. The van der Waals surface area contributed by atoms with Crippen LogP contribution in [0.2, 0.25) is 0 Å². The van der Waals surface area contributed by atoms with Gasteiger partial charge in [-0.1, -0.05) is 6.92 Å². The Labute approximate surface area is 148 Å². The zero-order valence-electron chi connectivity index (χ0n) is 14.2. The van der Waals surface area contributed by atoms with Gasteiger partial charge < -0.3 is 15.2 Å². The molecule has 0 bridgehead atoms. The van der Waals surface area contributed by atoms with E-state index in [-0.39, 0.29) is 24.4 Å². The van der Waals surface area contributed by atoms with E-state index < -0.39 is 11.9 Å². The van der Waals surface area contributed by atoms with Gasteiger partial charge in [-0.3, -0.25) is 9.48 Å². The van der Waals surface area contributed by atoms with Crippen LogP contribution in [0.1, 0.15) is 44.5 Å². The van der Waals surface area contributed by atoms with E-state index in [9.17, 15) is 14.4 Å². The maximum absolute atomic E-state index is 12.2. The van der Waals surface area contributed by atoms with Gasteiger partial charge in [0, 0.05) is 24.0 Å². The van der Waals surface area contributed by atoms with E-state index in [0.29, 0.717) is 17.0 Å². The van der Waals surface area contributed by atoms with Crippen molar-refractivity contribution in [3.8, 4) is 0 Å². The number of anilines is 1. The maximum Gasteiger partial charge on any atom is 0.341 e. The van der Waals surface area contributed by atoms with Crippen molar-refractivity contribution in [2.24, 2.45) is 0 Å². The van der Waals surface area contributed by atoms with E-state index in [1.807, 2.05) is 13.8 Å². The maximum atomic E-state index is 12.2. The zero-order chi connectivity index (χ0) is 18.6. The molecule has 0 radical (unpaired) electrons. The summed E-state index contributed by atoms with van der Waals surface area (Å²) < 4.78 is 6.21. The molecule has 0 fully saturated rings. The van der Waals surface area contributed by atoms with Crippen LogP contribution in [-0.2, 0) is 22.5 Å². The van der Waals surface area contributed by atoms with Gasteiger partial charge in [-0.2, -0.15) is 5.10 Å². The molecule has 0 aliphatic rings. The first-order chi connectivity index (χ1) is 11.9. The standard InChI is InChI=1S/C16H19N3O5S/c1-4-11-9(2)25-14(13(11)16(23)24-3)18-12(20)5-6-19-8-10(7-17-19)15(21)22/h7-8H,4-6H2,1-3H3,(H,18,20)(H,21,22). The number of nitrogens with one attached hydrogen (secondary N) is 1. The number of thiophene rings is 1. The Morgan fingerprint density at radius 3 is 2.68 bits per heavy atom. The molecule has 0 saturated carbocycles. The number of esters is 1. The predicted octanol–water partition coefficient (Wildman–Crippen LogP) is 2.33. The summed E-state index contributed by atoms with van der Waals surface area (Å²) in [7, 11) is 1.30. The van der Waals surface area contributed by atoms with Crippen molar-refractivity contribution in [3.63, 3.8) is 0 Å². The number of amides is 1. The number of nitrogens with zero attached hydrogens (tertiary/aromatic N) is 2. The molecule has 2 rings (SSSR count). The summed E-state index contributed by atoms with van der Waals surface area (Å²) in [6.45, 7) is 4.06. The van der Waals surface area contributed by atoms with Crippen molar-refractivity contribution >= 4 is 34.2 Å². The molecule has 0 aliphatic heterocycles. The molecule has 2 heterocycles. The number of carbonyl (C=O) groups is 3. The summed E-state index contributed by atoms with van der Waals surface area (Å²) in [5, 5.41) is 16.0. The Kier molecular flexibility index (Phi) is 5.92. The summed E-state index contributed by atoms with van der Waals surface area (Å²) in [5.74, 6) is -1.84. The molecule has 134 valence electrons. The molecule has 0 aromatic carbocycles. The van der Waals surface area contributed by atoms with Crippen LogP contribution in [-0.4, -0.2) is 39.8 Å². The van der Waals surface area contributed by atoms with Gasteiger partial charge in [-0.05, 0) is 18.9 Å². The molecule has 2 aromatic rings. The molecule has 1 amide bonds. The number of ether oxygens (including phenoxy) is 1. The Bertz CT molecular complexity index is 809. The van der Waals surface area contributed by atoms with E-state index in [4.69, 9.17) is 9.84 Å². The Hall–Kier alpha value is -2.68. The molecule has 2 aromatic heterocycles. The van der Waals surface area contributed by atoms with Crippen LogP contribution >= 0.6 is 11.3 Å². The molecule has 0 atom stereocenters. The lowest BCUT2D eigenvalue weighted by Gasteiger charge is -2.07. The SMILES string of the molecule is CCc1c(C)sc(NC(=O)CCn2cc(C(=O)O)cn2)c1C(=O)OC. The molecular formula is C16H19N3O5S. The van der Waals surface area contributed by atoms with Gasteiger partial charge in [0.1, 0.15) is 5.00 Å². The predicted molar refractivity (Wildman–Crippen MR) is 92.2 cm³/mol. The van der Waals surface area contributed by atoms with Crippen LogP contribution in [0.4, 0.5) is 5.00 Å². The summed E-state index contributed by atoms with van der Waals surface area (Å²) in [4.78, 5) is 36.0. The Morgan fingerprint density at radius 1 is 1.40 bits per heavy atom.